The number of aliphatic carboxylic acids is 2. The Balaban J connectivity index is 0.000000177. The molecule has 2 fully saturated rings. The molecule has 0 bridgehead atoms. The summed E-state index contributed by atoms with van der Waals surface area (Å²) in [6, 6.07) is 80.4. The van der Waals surface area contributed by atoms with E-state index in [9.17, 15) is 14.4 Å². The lowest BCUT2D eigenvalue weighted by Gasteiger charge is -2.32. The van der Waals surface area contributed by atoms with E-state index in [1.165, 1.54) is 44.0 Å². The van der Waals surface area contributed by atoms with Gasteiger partial charge in [0.25, 0.3) is 22.1 Å². The molecule has 0 atom stereocenters. The van der Waals surface area contributed by atoms with Crippen molar-refractivity contribution in [3.63, 3.8) is 0 Å². The molecular weight excluding hydrogens is 1840 g/mol. The van der Waals surface area contributed by atoms with Gasteiger partial charge >= 0.3 is 35.5 Å². The monoisotopic (exact) mass is 1950 g/mol. The molecule has 19 rings (SSSR count). The second-order valence-corrected chi connectivity index (χ2v) is 31.6. The third kappa shape index (κ3) is 27.8. The molecule has 6 aromatic heterocycles. The van der Waals surface area contributed by atoms with Crippen LogP contribution in [0.15, 0.2) is 299 Å². The minimum absolute atomic E-state index is 0. The van der Waals surface area contributed by atoms with Gasteiger partial charge in [0.2, 0.25) is 34.1 Å². The predicted molar refractivity (Wildman–Crippen MR) is 491 cm³/mol. The number of rotatable bonds is 20. The Morgan fingerprint density at radius 2 is 0.814 bits per heavy atom. The van der Waals surface area contributed by atoms with Crippen molar-refractivity contribution in [3.05, 3.63) is 331 Å². The number of carbonyl (C=O) groups excluding carboxylic acids is 1. The highest BCUT2D eigenvalue weighted by molar-refractivity contribution is 5.94. The zero-order chi connectivity index (χ0) is 87.4. The number of hydrogen-bond acceptors (Lipinski definition) is 13. The topological polar surface area (TPSA) is 228 Å². The summed E-state index contributed by atoms with van der Waals surface area (Å²) in [6.45, 7) is 19.7. The normalized spacial score (nSPS) is 13.1. The first-order valence-corrected chi connectivity index (χ1v) is 43.8. The first-order valence-electron chi connectivity index (χ1n) is 43.8. The smallest absolute Gasteiger partial charge is 0.375 e. The number of halogens is 4. The average molecular weight is 1960 g/mol. The molecule has 10 aromatic carbocycles. The van der Waals surface area contributed by atoms with Crippen molar-refractivity contribution < 1.29 is 137 Å². The minimum atomic E-state index is -0.832. The van der Waals surface area contributed by atoms with Crippen molar-refractivity contribution >= 4 is 108 Å². The minimum Gasteiger partial charge on any atom is -1.00 e. The number of amides is 1. The molecule has 0 radical (unpaired) electrons. The highest BCUT2D eigenvalue weighted by Gasteiger charge is 2.29. The standard InChI is InChI=1S/C29H26N2O4.C20H21N2O2.C17H15NO3.C12H22.C11H14NO.2C8H7NO.3BrH.ClH/c1-2-18-30-23-8-3-5-10-25(23)34-27(30)12-7-13-28-31(24-9-4-6-11-26(24)35-28)20-22-16-14-21(15-17-22)19-29(32)33;1-3-14-22-18-11-7-8-12-19(18)24-20(22)13-15-21(16(2)23)17-9-5-4-6-10-17;1-12-18(15-4-2-3-5-16(15)21-12)11-14-8-6-13(7-9-14)10-17(19)20;1-3-7-11(8-4-1)12-9-5-2-6-10-12;1-3-8-12-9(2)13-11-7-5-4-6-10(11)12;2*1-6-9-7-4-2-3-5-8(7)10-6;;;;/h3-17H,2,18-20H2,1H3;4-13,15H,3,14H2,1-2H3;2-9H,10-11H2,1H3;11-12H,1-10H2;4-7H,3,8H2,1-2H3;2*2-5H,1H3;4*1H/q;+1;;;+1;;;;;;/p-2. The Kier molecular flexibility index (Phi) is 39.6. The maximum atomic E-state index is 12.0. The van der Waals surface area contributed by atoms with Crippen molar-refractivity contribution in [2.75, 3.05) is 16.3 Å². The lowest BCUT2D eigenvalue weighted by molar-refractivity contribution is -0.682. The largest absolute Gasteiger partial charge is 1.00 e. The molecule has 1 aliphatic heterocycles. The molecule has 16 aromatic rings. The number of para-hydroxylation sites is 15. The maximum Gasteiger partial charge on any atom is 0.375 e. The summed E-state index contributed by atoms with van der Waals surface area (Å²) < 4.78 is 48.7. The van der Waals surface area contributed by atoms with Crippen molar-refractivity contribution in [1.29, 1.82) is 0 Å². The third-order valence-electron chi connectivity index (χ3n) is 22.3. The number of benzene rings is 10. The van der Waals surface area contributed by atoms with Gasteiger partial charge in [-0.05, 0) is 114 Å². The van der Waals surface area contributed by atoms with Gasteiger partial charge in [-0.2, -0.15) is 18.3 Å². The molecule has 2 N–H and O–H groups in total. The second kappa shape index (κ2) is 50.7. The molecule has 24 heteroatoms. The number of nitrogens with zero attached hydrogens (tertiary/aromatic N) is 8. The van der Waals surface area contributed by atoms with Gasteiger partial charge in [-0.25, -0.2) is 9.97 Å². The number of aryl methyl sites for hydroxylation is 6. The van der Waals surface area contributed by atoms with E-state index in [0.29, 0.717) is 13.1 Å². The van der Waals surface area contributed by atoms with E-state index >= 15 is 0 Å². The Morgan fingerprint density at radius 3 is 1.28 bits per heavy atom. The number of carbonyl (C=O) groups is 3. The van der Waals surface area contributed by atoms with Crippen LogP contribution in [0.4, 0.5) is 11.4 Å². The number of hydrogen-bond donors (Lipinski definition) is 2. The molecule has 0 unspecified atom stereocenters. The first kappa shape index (κ1) is 101. The molecule has 20 nitrogen and oxygen atoms in total. The molecular formula is C105H114Br3ClN8O12. The van der Waals surface area contributed by atoms with Crippen LogP contribution in [0.5, 0.6) is 5.75 Å². The number of allylic oxidation sites excluding steroid dienone is 2. The van der Waals surface area contributed by atoms with E-state index in [0.717, 1.165) is 192 Å². The Bertz CT molecular complexity index is 6170. The van der Waals surface area contributed by atoms with Crippen molar-refractivity contribution in [1.82, 2.24) is 9.97 Å². The molecule has 0 spiro atoms. The third-order valence-corrected chi connectivity index (χ3v) is 22.3. The first-order chi connectivity index (χ1) is 61.0. The van der Waals surface area contributed by atoms with Gasteiger partial charge in [-0.15, -0.1) is 0 Å². The van der Waals surface area contributed by atoms with E-state index in [-0.39, 0.29) is 82.1 Å². The van der Waals surface area contributed by atoms with Gasteiger partial charge < -0.3 is 110 Å². The fourth-order valence-corrected chi connectivity index (χ4v) is 16.3. The van der Waals surface area contributed by atoms with E-state index in [2.05, 4.69) is 66.0 Å². The molecule has 7 heterocycles. The van der Waals surface area contributed by atoms with Gasteiger partial charge in [0.15, 0.2) is 54.9 Å². The van der Waals surface area contributed by atoms with Crippen LogP contribution in [0.25, 0.3) is 78.8 Å². The lowest BCUT2D eigenvalue weighted by atomic mass is 9.73. The van der Waals surface area contributed by atoms with Gasteiger partial charge in [0.05, 0.1) is 44.5 Å². The van der Waals surface area contributed by atoms with Crippen molar-refractivity contribution in [3.8, 4) is 5.75 Å². The number of oxazole rings is 6. The van der Waals surface area contributed by atoms with Crippen LogP contribution in [0.3, 0.4) is 0 Å². The summed E-state index contributed by atoms with van der Waals surface area (Å²) in [5, 5.41) is 17.8. The fourth-order valence-electron chi connectivity index (χ4n) is 16.3. The van der Waals surface area contributed by atoms with E-state index < -0.39 is 11.9 Å². The number of fused-ring (bicyclic) bond motifs is 7. The zero-order valence-electron chi connectivity index (χ0n) is 74.4. The van der Waals surface area contributed by atoms with Crippen LogP contribution in [0, 0.1) is 39.5 Å². The van der Waals surface area contributed by atoms with Crippen molar-refractivity contribution in [2.24, 2.45) is 11.8 Å². The maximum absolute atomic E-state index is 12.0. The second-order valence-electron chi connectivity index (χ2n) is 31.6. The molecule has 0 saturated heterocycles. The quantitative estimate of drug-likeness (QED) is 0.0676. The van der Waals surface area contributed by atoms with E-state index in [1.54, 1.807) is 43.7 Å². The Labute approximate surface area is 792 Å². The molecule has 1 amide bonds. The van der Waals surface area contributed by atoms with E-state index in [1.807, 2.05) is 289 Å². The Hall–Kier alpha value is -12.0. The predicted octanol–water partition coefficient (Wildman–Crippen LogP) is 11.3. The highest BCUT2D eigenvalue weighted by Crippen LogP contribution is 2.40. The molecule has 2 saturated carbocycles. The zero-order valence-corrected chi connectivity index (χ0v) is 79.9. The van der Waals surface area contributed by atoms with Gasteiger partial charge in [0.1, 0.15) is 11.0 Å². The number of anilines is 2. The number of carboxylic acids is 2. The van der Waals surface area contributed by atoms with Crippen molar-refractivity contribution in [2.45, 2.75) is 178 Å². The van der Waals surface area contributed by atoms with Crippen LogP contribution in [0.2, 0.25) is 0 Å². The summed E-state index contributed by atoms with van der Waals surface area (Å²) in [7, 11) is 0. The van der Waals surface area contributed by atoms with Crippen LogP contribution >= 0.6 is 0 Å². The van der Waals surface area contributed by atoms with Crippen LogP contribution in [0.1, 0.15) is 169 Å². The van der Waals surface area contributed by atoms with Crippen LogP contribution < -0.4 is 96.2 Å². The fraction of sp³-hybridized carbons (Fsp3) is 0.286. The number of aromatic nitrogens is 6. The molecule has 129 heavy (non-hydrogen) atoms. The van der Waals surface area contributed by atoms with Gasteiger partial charge in [0, 0.05) is 87.4 Å². The summed E-state index contributed by atoms with van der Waals surface area (Å²) in [6.07, 6.45) is 28.1. The van der Waals surface area contributed by atoms with Gasteiger partial charge in [-0.3, -0.25) is 19.3 Å². The Morgan fingerprint density at radius 1 is 0.426 bits per heavy atom. The summed E-state index contributed by atoms with van der Waals surface area (Å²) in [5.74, 6) is 6.99. The van der Waals surface area contributed by atoms with Crippen LogP contribution in [-0.2, 0) is 53.4 Å². The highest BCUT2D eigenvalue weighted by atomic mass is 79.9. The van der Waals surface area contributed by atoms with E-state index in [4.69, 9.17) is 41.5 Å². The van der Waals surface area contributed by atoms with Crippen LogP contribution in [-0.4, -0.2) is 44.6 Å². The summed E-state index contributed by atoms with van der Waals surface area (Å²) in [4.78, 5) is 45.7. The average Bonchev–Trinajstić information content (AvgIpc) is 1.65. The van der Waals surface area contributed by atoms with Gasteiger partial charge in [-0.1, -0.05) is 237 Å². The summed E-state index contributed by atoms with van der Waals surface area (Å²) in [5.41, 5.74) is 17.1. The molecule has 3 aliphatic rings. The molecule has 674 valence electrons. The SMILES string of the molecule is C1CCC(C2CCCCC2)CC1.CCCN1C(=CC=Cc2oc3ccccc3[n+]2Cc2ccc(CC(=O)O)cc2)Oc2ccccc21.CCC[n+]1c(/C=C/N(C(C)=O)c2ccccc2)oc2ccccc21.CCC[n+]1c(C)oc2ccccc21.Cc1nc2ccccc2o1.Cc1nc2ccccc2o1.Cc1oc2ccccc2[n+]1Cc1ccc(CC(=O)O)cc1.[Br-].[Br-].[Br-].[Cl-]. The summed E-state index contributed by atoms with van der Waals surface area (Å²) >= 11 is 0. The number of carboxylic acid groups (broad SMARTS) is 2. The lowest BCUT2D eigenvalue weighted by Crippen LogP contribution is -3.00. The number of ether oxygens (including phenoxy) is 1. The molecule has 2 aliphatic carbocycles.